The lowest BCUT2D eigenvalue weighted by Gasteiger charge is -2.26. The van der Waals surface area contributed by atoms with Crippen molar-refractivity contribution in [3.63, 3.8) is 0 Å². The highest BCUT2D eigenvalue weighted by atomic mass is 16.5. The van der Waals surface area contributed by atoms with Crippen molar-refractivity contribution in [1.82, 2.24) is 19.7 Å². The first-order valence-electron chi connectivity index (χ1n) is 9.62. The van der Waals surface area contributed by atoms with Crippen LogP contribution >= 0.6 is 0 Å². The molecule has 0 bridgehead atoms. The third kappa shape index (κ3) is 4.33. The van der Waals surface area contributed by atoms with Gasteiger partial charge < -0.3 is 14.6 Å². The van der Waals surface area contributed by atoms with E-state index in [2.05, 4.69) is 15.1 Å². The van der Waals surface area contributed by atoms with Gasteiger partial charge in [0.2, 0.25) is 0 Å². The second-order valence-corrected chi connectivity index (χ2v) is 6.98. The van der Waals surface area contributed by atoms with Crippen LogP contribution in [0.2, 0.25) is 0 Å². The molecule has 1 aliphatic rings. The summed E-state index contributed by atoms with van der Waals surface area (Å²) in [6.45, 7) is 6.74. The van der Waals surface area contributed by atoms with E-state index in [1.165, 1.54) is 4.57 Å². The van der Waals surface area contributed by atoms with E-state index in [0.29, 0.717) is 18.1 Å². The first-order chi connectivity index (χ1) is 14.1. The molecule has 0 unspecified atom stereocenters. The Hall–Kier alpha value is -3.10. The van der Waals surface area contributed by atoms with Gasteiger partial charge in [-0.25, -0.2) is 14.5 Å². The van der Waals surface area contributed by atoms with E-state index in [9.17, 15) is 9.90 Å². The summed E-state index contributed by atoms with van der Waals surface area (Å²) in [4.78, 5) is 14.7. The molecule has 2 heterocycles. The number of H-pyrrole nitrogens is 1. The van der Waals surface area contributed by atoms with Gasteiger partial charge in [0.25, 0.3) is 0 Å². The third-order valence-electron chi connectivity index (χ3n) is 5.00. The van der Waals surface area contributed by atoms with Crippen LogP contribution < -0.4 is 10.4 Å². The summed E-state index contributed by atoms with van der Waals surface area (Å²) in [5, 5.41) is 16.3. The molecule has 0 saturated carbocycles. The van der Waals surface area contributed by atoms with Gasteiger partial charge in [-0.15, -0.1) is 0 Å². The van der Waals surface area contributed by atoms with Crippen LogP contribution in [0.5, 0.6) is 11.5 Å². The third-order valence-corrected chi connectivity index (χ3v) is 5.00. The van der Waals surface area contributed by atoms with Gasteiger partial charge in [0.15, 0.2) is 5.82 Å². The van der Waals surface area contributed by atoms with Crippen LogP contribution in [-0.2, 0) is 4.74 Å². The second kappa shape index (κ2) is 8.50. The number of ether oxygens (including phenoxy) is 2. The molecule has 8 nitrogen and oxygen atoms in total. The predicted octanol–water partition coefficient (Wildman–Crippen LogP) is 1.95. The van der Waals surface area contributed by atoms with E-state index in [0.717, 1.165) is 49.7 Å². The first kappa shape index (κ1) is 19.2. The zero-order valence-electron chi connectivity index (χ0n) is 16.3. The number of hydrogen-bond acceptors (Lipinski definition) is 6. The number of phenolic OH excluding ortho intramolecular Hbond substituents is 1. The lowest BCUT2D eigenvalue weighted by atomic mass is 10.1. The van der Waals surface area contributed by atoms with Gasteiger partial charge in [0, 0.05) is 25.2 Å². The molecular weight excluding hydrogens is 372 g/mol. The van der Waals surface area contributed by atoms with Crippen molar-refractivity contribution in [1.29, 1.82) is 0 Å². The number of aromatic amines is 1. The average molecular weight is 396 g/mol. The normalized spacial score (nSPS) is 14.8. The summed E-state index contributed by atoms with van der Waals surface area (Å²) in [5.74, 6) is 1.42. The summed E-state index contributed by atoms with van der Waals surface area (Å²) in [6.07, 6.45) is 0. The maximum Gasteiger partial charge on any atom is 0.348 e. The summed E-state index contributed by atoms with van der Waals surface area (Å²) in [7, 11) is 0. The summed E-state index contributed by atoms with van der Waals surface area (Å²) < 4.78 is 12.7. The zero-order valence-corrected chi connectivity index (χ0v) is 16.3. The van der Waals surface area contributed by atoms with Crippen LogP contribution in [0.4, 0.5) is 0 Å². The number of phenols is 1. The van der Waals surface area contributed by atoms with Gasteiger partial charge in [-0.05, 0) is 55.0 Å². The Morgan fingerprint density at radius 1 is 1.17 bits per heavy atom. The van der Waals surface area contributed by atoms with Crippen molar-refractivity contribution in [2.75, 3.05) is 39.5 Å². The molecule has 1 aliphatic heterocycles. The minimum atomic E-state index is -0.325. The number of aryl methyl sites for hydroxylation is 1. The van der Waals surface area contributed by atoms with E-state index < -0.39 is 0 Å². The molecule has 0 aliphatic carbocycles. The van der Waals surface area contributed by atoms with Crippen molar-refractivity contribution < 1.29 is 14.6 Å². The number of nitrogens with zero attached hydrogens (tertiary/aromatic N) is 3. The molecule has 152 valence electrons. The van der Waals surface area contributed by atoms with Crippen molar-refractivity contribution in [2.24, 2.45) is 0 Å². The topological polar surface area (TPSA) is 92.6 Å². The van der Waals surface area contributed by atoms with Crippen LogP contribution in [0.15, 0.2) is 47.3 Å². The monoisotopic (exact) mass is 396 g/mol. The van der Waals surface area contributed by atoms with Gasteiger partial charge in [-0.3, -0.25) is 4.90 Å². The average Bonchev–Trinajstić information content (AvgIpc) is 3.10. The van der Waals surface area contributed by atoms with E-state index in [4.69, 9.17) is 9.47 Å². The molecule has 3 aromatic rings. The summed E-state index contributed by atoms with van der Waals surface area (Å²) in [5.41, 5.74) is 1.96. The van der Waals surface area contributed by atoms with Crippen LogP contribution in [0.1, 0.15) is 5.56 Å². The number of hydrogen-bond donors (Lipinski definition) is 2. The largest absolute Gasteiger partial charge is 0.508 e. The Balaban J connectivity index is 1.49. The van der Waals surface area contributed by atoms with Gasteiger partial charge in [-0.1, -0.05) is 0 Å². The molecule has 0 atom stereocenters. The van der Waals surface area contributed by atoms with Crippen molar-refractivity contribution in [3.05, 3.63) is 58.5 Å². The van der Waals surface area contributed by atoms with Gasteiger partial charge >= 0.3 is 5.69 Å². The fourth-order valence-corrected chi connectivity index (χ4v) is 3.42. The maximum atomic E-state index is 12.4. The number of benzene rings is 2. The molecule has 0 spiro atoms. The second-order valence-electron chi connectivity index (χ2n) is 6.98. The molecular formula is C21H24N4O4. The highest BCUT2D eigenvalue weighted by Crippen LogP contribution is 2.26. The minimum absolute atomic E-state index is 0.175. The number of aromatic nitrogens is 3. The lowest BCUT2D eigenvalue weighted by Crippen LogP contribution is -2.38. The zero-order chi connectivity index (χ0) is 20.2. The van der Waals surface area contributed by atoms with E-state index >= 15 is 0 Å². The van der Waals surface area contributed by atoms with Gasteiger partial charge in [0.1, 0.15) is 18.1 Å². The Labute approximate surface area is 168 Å². The minimum Gasteiger partial charge on any atom is -0.508 e. The number of rotatable bonds is 6. The Bertz CT molecular complexity index is 1020. The molecule has 0 amide bonds. The smallest absolute Gasteiger partial charge is 0.348 e. The van der Waals surface area contributed by atoms with Crippen LogP contribution in [0.3, 0.4) is 0 Å². The molecule has 1 aromatic heterocycles. The fourth-order valence-electron chi connectivity index (χ4n) is 3.42. The summed E-state index contributed by atoms with van der Waals surface area (Å²) >= 11 is 0. The molecule has 2 N–H and O–H groups in total. The fraction of sp³-hybridized carbons (Fsp3) is 0.333. The van der Waals surface area contributed by atoms with E-state index in [1.807, 2.05) is 31.2 Å². The number of morpholine rings is 1. The standard InChI is InChI=1S/C21H24N4O4/c1-15-14-17(26)4-7-19(15)20-22-23-21(27)25(20)16-2-5-18(6-3-16)29-13-10-24-8-11-28-12-9-24/h2-7,14,26H,8-13H2,1H3,(H,23,27). The molecule has 0 radical (unpaired) electrons. The number of nitrogens with one attached hydrogen (secondary N) is 1. The molecule has 4 rings (SSSR count). The van der Waals surface area contributed by atoms with Gasteiger partial charge in [0.05, 0.1) is 18.9 Å². The quantitative estimate of drug-likeness (QED) is 0.662. The molecule has 8 heteroatoms. The lowest BCUT2D eigenvalue weighted by molar-refractivity contribution is 0.0322. The van der Waals surface area contributed by atoms with Crippen molar-refractivity contribution in [2.45, 2.75) is 6.92 Å². The SMILES string of the molecule is Cc1cc(O)ccc1-c1n[nH]c(=O)n1-c1ccc(OCCN2CCOCC2)cc1. The molecule has 1 saturated heterocycles. The van der Waals surface area contributed by atoms with E-state index in [1.54, 1.807) is 18.2 Å². The Morgan fingerprint density at radius 3 is 2.66 bits per heavy atom. The summed E-state index contributed by atoms with van der Waals surface area (Å²) in [6, 6.07) is 12.3. The highest BCUT2D eigenvalue weighted by molar-refractivity contribution is 5.63. The molecule has 2 aromatic carbocycles. The highest BCUT2D eigenvalue weighted by Gasteiger charge is 2.15. The van der Waals surface area contributed by atoms with Crippen LogP contribution in [0, 0.1) is 6.92 Å². The molecule has 29 heavy (non-hydrogen) atoms. The Kier molecular flexibility index (Phi) is 5.64. The van der Waals surface area contributed by atoms with Crippen LogP contribution in [0.25, 0.3) is 17.1 Å². The van der Waals surface area contributed by atoms with E-state index in [-0.39, 0.29) is 11.4 Å². The number of aromatic hydroxyl groups is 1. The first-order valence-corrected chi connectivity index (χ1v) is 9.62. The van der Waals surface area contributed by atoms with Crippen LogP contribution in [-0.4, -0.2) is 64.2 Å². The van der Waals surface area contributed by atoms with Crippen molar-refractivity contribution >= 4 is 0 Å². The van der Waals surface area contributed by atoms with Gasteiger partial charge in [-0.2, -0.15) is 5.10 Å². The molecule has 1 fully saturated rings. The maximum absolute atomic E-state index is 12.4. The Morgan fingerprint density at radius 2 is 1.93 bits per heavy atom. The predicted molar refractivity (Wildman–Crippen MR) is 109 cm³/mol. The van der Waals surface area contributed by atoms with Crippen molar-refractivity contribution in [3.8, 4) is 28.6 Å².